The molecule has 2 aromatic rings. The molecule has 0 atom stereocenters. The predicted octanol–water partition coefficient (Wildman–Crippen LogP) is 2.59. The molecule has 3 aliphatic rings. The quantitative estimate of drug-likeness (QED) is 0.904. The number of nitrogens with one attached hydrogen (secondary N) is 2. The van der Waals surface area contributed by atoms with Gasteiger partial charge in [-0.25, -0.2) is 14.8 Å². The van der Waals surface area contributed by atoms with Crippen LogP contribution in [-0.2, 0) is 4.74 Å². The van der Waals surface area contributed by atoms with Crippen LogP contribution in [0.3, 0.4) is 0 Å². The molecule has 3 saturated carbocycles. The first-order chi connectivity index (χ1) is 11.2. The number of alkyl carbamates (subject to hydrolysis) is 1. The molecule has 3 aliphatic carbocycles. The van der Waals surface area contributed by atoms with Gasteiger partial charge in [0.2, 0.25) is 0 Å². The lowest BCUT2D eigenvalue weighted by Gasteiger charge is -2.73. The molecule has 0 aromatic carbocycles. The first-order valence-corrected chi connectivity index (χ1v) is 8.25. The third-order valence-electron chi connectivity index (χ3n) is 5.13. The lowest BCUT2D eigenvalue weighted by atomic mass is 9.43. The van der Waals surface area contributed by atoms with Crippen LogP contribution in [0.2, 0.25) is 0 Å². The number of aromatic nitrogens is 3. The fourth-order valence-corrected chi connectivity index (χ4v) is 4.09. The van der Waals surface area contributed by atoms with Crippen molar-refractivity contribution in [3.63, 3.8) is 0 Å². The Morgan fingerprint density at radius 2 is 2.04 bits per heavy atom. The standard InChI is InChI=1S/C17H23N5O2/c1-15(2,3)24-14(23)21-16-7-17(8-16,9-16)22(4)13-11-5-6-18-12(11)19-10-20-13/h5-6,10H,7-9H2,1-4H3,(H,21,23)(H,18,19,20). The fourth-order valence-electron chi connectivity index (χ4n) is 4.09. The Morgan fingerprint density at radius 1 is 1.33 bits per heavy atom. The second kappa shape index (κ2) is 4.62. The topological polar surface area (TPSA) is 83.1 Å². The van der Waals surface area contributed by atoms with Crippen molar-refractivity contribution in [1.82, 2.24) is 20.3 Å². The normalized spacial score (nSPS) is 28.0. The maximum atomic E-state index is 12.0. The van der Waals surface area contributed by atoms with E-state index in [4.69, 9.17) is 4.74 Å². The highest BCUT2D eigenvalue weighted by Gasteiger charge is 2.71. The number of hydrogen-bond donors (Lipinski definition) is 2. The Bertz CT molecular complexity index is 787. The molecule has 2 bridgehead atoms. The van der Waals surface area contributed by atoms with Gasteiger partial charge in [-0.2, -0.15) is 0 Å². The molecule has 0 aliphatic heterocycles. The van der Waals surface area contributed by atoms with E-state index in [2.05, 4.69) is 32.2 Å². The lowest BCUT2D eigenvalue weighted by molar-refractivity contribution is -0.0821. The largest absolute Gasteiger partial charge is 0.444 e. The molecule has 0 unspecified atom stereocenters. The number of H-pyrrole nitrogens is 1. The highest BCUT2D eigenvalue weighted by molar-refractivity contribution is 5.88. The van der Waals surface area contributed by atoms with Crippen molar-refractivity contribution < 1.29 is 9.53 Å². The molecule has 3 fully saturated rings. The van der Waals surface area contributed by atoms with Gasteiger partial charge < -0.3 is 19.9 Å². The van der Waals surface area contributed by atoms with Gasteiger partial charge in [-0.15, -0.1) is 0 Å². The van der Waals surface area contributed by atoms with Crippen molar-refractivity contribution in [2.45, 2.75) is 56.7 Å². The molecule has 5 rings (SSSR count). The highest BCUT2D eigenvalue weighted by Crippen LogP contribution is 2.64. The number of nitrogens with zero attached hydrogens (tertiary/aromatic N) is 3. The van der Waals surface area contributed by atoms with E-state index in [1.165, 1.54) is 0 Å². The molecule has 2 N–H and O–H groups in total. The van der Waals surface area contributed by atoms with Crippen LogP contribution in [0.25, 0.3) is 11.0 Å². The number of amides is 1. The molecule has 0 saturated heterocycles. The second-order valence-corrected chi connectivity index (χ2v) is 8.16. The van der Waals surface area contributed by atoms with Gasteiger partial charge in [0.15, 0.2) is 0 Å². The average Bonchev–Trinajstić information content (AvgIpc) is 2.86. The van der Waals surface area contributed by atoms with Gasteiger partial charge in [0.05, 0.1) is 10.9 Å². The third kappa shape index (κ3) is 2.22. The summed E-state index contributed by atoms with van der Waals surface area (Å²) < 4.78 is 5.37. The van der Waals surface area contributed by atoms with E-state index in [-0.39, 0.29) is 17.2 Å². The molecule has 2 aromatic heterocycles. The van der Waals surface area contributed by atoms with Crippen LogP contribution in [0.15, 0.2) is 18.6 Å². The Labute approximate surface area is 140 Å². The summed E-state index contributed by atoms with van der Waals surface area (Å²) in [6, 6.07) is 2.00. The van der Waals surface area contributed by atoms with E-state index in [1.54, 1.807) is 6.33 Å². The number of hydrogen-bond acceptors (Lipinski definition) is 5. The SMILES string of the molecule is CN(c1ncnc2[nH]ccc12)C12CC(NC(=O)OC(C)(C)C)(C1)C2. The monoisotopic (exact) mass is 329 g/mol. The molecule has 0 spiro atoms. The second-order valence-electron chi connectivity index (χ2n) is 8.16. The summed E-state index contributed by atoms with van der Waals surface area (Å²) in [7, 11) is 2.07. The van der Waals surface area contributed by atoms with Crippen LogP contribution >= 0.6 is 0 Å². The zero-order valence-corrected chi connectivity index (χ0v) is 14.5. The minimum absolute atomic E-state index is 0.0770. The Kier molecular flexibility index (Phi) is 2.93. The minimum atomic E-state index is -0.469. The van der Waals surface area contributed by atoms with Gasteiger partial charge in [0.25, 0.3) is 0 Å². The van der Waals surface area contributed by atoms with Crippen LogP contribution in [-0.4, -0.2) is 44.8 Å². The van der Waals surface area contributed by atoms with E-state index in [0.717, 1.165) is 36.1 Å². The summed E-state index contributed by atoms with van der Waals surface area (Å²) in [5, 5.41) is 4.08. The first-order valence-electron chi connectivity index (χ1n) is 8.25. The first kappa shape index (κ1) is 15.2. The highest BCUT2D eigenvalue weighted by atomic mass is 16.6. The zero-order valence-electron chi connectivity index (χ0n) is 14.5. The van der Waals surface area contributed by atoms with Crippen LogP contribution in [0, 0.1) is 0 Å². The minimum Gasteiger partial charge on any atom is -0.444 e. The molecular weight excluding hydrogens is 306 g/mol. The third-order valence-corrected chi connectivity index (χ3v) is 5.13. The number of carbonyl (C=O) groups excluding carboxylic acids is 1. The molecule has 7 heteroatoms. The van der Waals surface area contributed by atoms with Crippen molar-refractivity contribution in [2.24, 2.45) is 0 Å². The van der Waals surface area contributed by atoms with Gasteiger partial charge >= 0.3 is 6.09 Å². The summed E-state index contributed by atoms with van der Waals surface area (Å²) in [6.45, 7) is 5.63. The molecule has 1 amide bonds. The van der Waals surface area contributed by atoms with Crippen molar-refractivity contribution in [3.8, 4) is 0 Å². The summed E-state index contributed by atoms with van der Waals surface area (Å²) >= 11 is 0. The van der Waals surface area contributed by atoms with E-state index in [1.807, 2.05) is 33.0 Å². The maximum absolute atomic E-state index is 12.0. The number of anilines is 1. The maximum Gasteiger partial charge on any atom is 0.408 e. The number of aromatic amines is 1. The molecule has 2 heterocycles. The number of rotatable bonds is 3. The Morgan fingerprint density at radius 3 is 2.71 bits per heavy atom. The average molecular weight is 329 g/mol. The summed E-state index contributed by atoms with van der Waals surface area (Å²) in [4.78, 5) is 26.1. The van der Waals surface area contributed by atoms with Crippen LogP contribution in [0.5, 0.6) is 0 Å². The number of fused-ring (bicyclic) bond motifs is 1. The van der Waals surface area contributed by atoms with E-state index >= 15 is 0 Å². The van der Waals surface area contributed by atoms with Gasteiger partial charge in [0.1, 0.15) is 23.4 Å². The predicted molar refractivity (Wildman–Crippen MR) is 91.0 cm³/mol. The van der Waals surface area contributed by atoms with Gasteiger partial charge in [-0.3, -0.25) is 0 Å². The van der Waals surface area contributed by atoms with E-state index < -0.39 is 5.60 Å². The molecule has 0 radical (unpaired) electrons. The van der Waals surface area contributed by atoms with Crippen molar-refractivity contribution in [2.75, 3.05) is 11.9 Å². The lowest BCUT2D eigenvalue weighted by Crippen LogP contribution is -2.83. The van der Waals surface area contributed by atoms with Crippen molar-refractivity contribution in [1.29, 1.82) is 0 Å². The fraction of sp³-hybridized carbons (Fsp3) is 0.588. The van der Waals surface area contributed by atoms with Gasteiger partial charge in [0, 0.05) is 18.8 Å². The molecule has 128 valence electrons. The van der Waals surface area contributed by atoms with E-state index in [0.29, 0.717) is 0 Å². The van der Waals surface area contributed by atoms with E-state index in [9.17, 15) is 4.79 Å². The van der Waals surface area contributed by atoms with Gasteiger partial charge in [-0.05, 0) is 46.1 Å². The number of ether oxygens (including phenoxy) is 1. The summed E-state index contributed by atoms with van der Waals surface area (Å²) in [5.74, 6) is 0.937. The van der Waals surface area contributed by atoms with Crippen molar-refractivity contribution >= 4 is 22.9 Å². The number of carbonyl (C=O) groups is 1. The van der Waals surface area contributed by atoms with Crippen LogP contribution in [0.4, 0.5) is 10.6 Å². The Balaban J connectivity index is 1.44. The van der Waals surface area contributed by atoms with Crippen LogP contribution < -0.4 is 10.2 Å². The van der Waals surface area contributed by atoms with Crippen LogP contribution in [0.1, 0.15) is 40.0 Å². The zero-order chi connectivity index (χ0) is 17.2. The Hall–Kier alpha value is -2.31. The smallest absolute Gasteiger partial charge is 0.408 e. The molecule has 7 nitrogen and oxygen atoms in total. The van der Waals surface area contributed by atoms with Crippen molar-refractivity contribution in [3.05, 3.63) is 18.6 Å². The summed E-state index contributed by atoms with van der Waals surface area (Å²) in [6.07, 6.45) is 5.91. The summed E-state index contributed by atoms with van der Waals surface area (Å²) in [5.41, 5.74) is 0.345. The van der Waals surface area contributed by atoms with Gasteiger partial charge in [-0.1, -0.05) is 0 Å². The molecule has 24 heavy (non-hydrogen) atoms. The molecular formula is C17H23N5O2.